The molecule has 1 aromatic carbocycles. The van der Waals surface area contributed by atoms with Crippen LogP contribution in [0.25, 0.3) is 11.0 Å². The number of fused-ring (bicyclic) bond motifs is 1. The first-order chi connectivity index (χ1) is 12.1. The first-order valence-electron chi connectivity index (χ1n) is 8.43. The zero-order chi connectivity index (χ0) is 17.8. The fourth-order valence-electron chi connectivity index (χ4n) is 3.03. The second kappa shape index (κ2) is 7.38. The summed E-state index contributed by atoms with van der Waals surface area (Å²) in [6.45, 7) is 7.39. The van der Waals surface area contributed by atoms with Crippen LogP contribution < -0.4 is 10.6 Å². The van der Waals surface area contributed by atoms with E-state index in [0.29, 0.717) is 19.5 Å². The van der Waals surface area contributed by atoms with E-state index < -0.39 is 0 Å². The number of carbonyl (C=O) groups is 1. The number of rotatable bonds is 6. The summed E-state index contributed by atoms with van der Waals surface area (Å²) in [5.74, 6) is -0.00619. The third kappa shape index (κ3) is 3.82. The average molecular weight is 337 g/mol. The quantitative estimate of drug-likeness (QED) is 0.675. The van der Waals surface area contributed by atoms with Gasteiger partial charge in [-0.2, -0.15) is 0 Å². The largest absolute Gasteiger partial charge is 0.464 e. The fraction of sp³-hybridized carbons (Fsp3) is 0.300. The Balaban J connectivity index is 1.58. The number of anilines is 1. The molecule has 5 heteroatoms. The van der Waals surface area contributed by atoms with Crippen LogP contribution in [0.5, 0.6) is 0 Å². The Kier molecular flexibility index (Phi) is 5.03. The minimum atomic E-state index is -0.00619. The summed E-state index contributed by atoms with van der Waals surface area (Å²) in [4.78, 5) is 16.3. The predicted octanol–water partition coefficient (Wildman–Crippen LogP) is 3.52. The molecule has 0 aliphatic carbocycles. The number of aryl methyl sites for hydroxylation is 3. The van der Waals surface area contributed by atoms with Crippen molar-refractivity contribution in [2.45, 2.75) is 27.2 Å². The van der Waals surface area contributed by atoms with Gasteiger partial charge < -0.3 is 15.1 Å². The number of hydrogen-bond donors (Lipinski definition) is 2. The third-order valence-corrected chi connectivity index (χ3v) is 4.42. The fourth-order valence-corrected chi connectivity index (χ4v) is 3.03. The Labute approximate surface area is 147 Å². The molecule has 0 spiro atoms. The van der Waals surface area contributed by atoms with Crippen LogP contribution in [0.3, 0.4) is 0 Å². The Hall–Kier alpha value is -2.82. The van der Waals surface area contributed by atoms with Crippen LogP contribution in [0.15, 0.2) is 41.3 Å². The molecule has 0 bridgehead atoms. The SMILES string of the molecule is Cc1cc(C)c2c(CC(=O)NCCNc3cccnc3)coc2c1C. The summed E-state index contributed by atoms with van der Waals surface area (Å²) in [6.07, 6.45) is 5.51. The highest BCUT2D eigenvalue weighted by Crippen LogP contribution is 2.30. The number of nitrogens with zero attached hydrogens (tertiary/aromatic N) is 1. The first kappa shape index (κ1) is 17.0. The van der Waals surface area contributed by atoms with Crippen LogP contribution in [0.1, 0.15) is 22.3 Å². The van der Waals surface area contributed by atoms with Gasteiger partial charge in [-0.15, -0.1) is 0 Å². The monoisotopic (exact) mass is 337 g/mol. The number of pyridine rings is 1. The van der Waals surface area contributed by atoms with Crippen LogP contribution in [0, 0.1) is 20.8 Å². The highest BCUT2D eigenvalue weighted by Gasteiger charge is 2.15. The van der Waals surface area contributed by atoms with Crippen LogP contribution in [0.2, 0.25) is 0 Å². The zero-order valence-corrected chi connectivity index (χ0v) is 14.8. The third-order valence-electron chi connectivity index (χ3n) is 4.42. The van der Waals surface area contributed by atoms with Gasteiger partial charge in [0.1, 0.15) is 5.58 Å². The number of furan rings is 1. The number of nitrogens with one attached hydrogen (secondary N) is 2. The lowest BCUT2D eigenvalue weighted by atomic mass is 9.99. The van der Waals surface area contributed by atoms with Crippen molar-refractivity contribution >= 4 is 22.6 Å². The molecule has 0 fully saturated rings. The van der Waals surface area contributed by atoms with Crippen molar-refractivity contribution in [3.63, 3.8) is 0 Å². The smallest absolute Gasteiger partial charge is 0.224 e. The topological polar surface area (TPSA) is 67.2 Å². The van der Waals surface area contributed by atoms with Crippen molar-refractivity contribution in [1.82, 2.24) is 10.3 Å². The number of aromatic nitrogens is 1. The summed E-state index contributed by atoms with van der Waals surface area (Å²) in [5, 5.41) is 7.22. The highest BCUT2D eigenvalue weighted by atomic mass is 16.3. The van der Waals surface area contributed by atoms with Crippen LogP contribution >= 0.6 is 0 Å². The van der Waals surface area contributed by atoms with Crippen LogP contribution in [-0.2, 0) is 11.2 Å². The molecule has 1 amide bonds. The molecule has 2 heterocycles. The molecule has 5 nitrogen and oxygen atoms in total. The summed E-state index contributed by atoms with van der Waals surface area (Å²) >= 11 is 0. The lowest BCUT2D eigenvalue weighted by Crippen LogP contribution is -2.30. The minimum absolute atomic E-state index is 0.00619. The maximum Gasteiger partial charge on any atom is 0.224 e. The molecule has 2 aromatic heterocycles. The van der Waals surface area contributed by atoms with E-state index in [9.17, 15) is 4.79 Å². The van der Waals surface area contributed by atoms with Crippen LogP contribution in [0.4, 0.5) is 5.69 Å². The molecule has 0 saturated carbocycles. The van der Waals surface area contributed by atoms with E-state index in [1.165, 1.54) is 5.56 Å². The maximum absolute atomic E-state index is 12.2. The van der Waals surface area contributed by atoms with Crippen molar-refractivity contribution in [2.75, 3.05) is 18.4 Å². The molecular weight excluding hydrogens is 314 g/mol. The predicted molar refractivity (Wildman–Crippen MR) is 99.9 cm³/mol. The Morgan fingerprint density at radius 3 is 2.80 bits per heavy atom. The minimum Gasteiger partial charge on any atom is -0.464 e. The number of benzene rings is 1. The highest BCUT2D eigenvalue weighted by molar-refractivity contribution is 5.91. The Morgan fingerprint density at radius 1 is 1.20 bits per heavy atom. The molecule has 3 rings (SSSR count). The maximum atomic E-state index is 12.2. The zero-order valence-electron chi connectivity index (χ0n) is 14.8. The van der Waals surface area contributed by atoms with E-state index >= 15 is 0 Å². The molecule has 25 heavy (non-hydrogen) atoms. The summed E-state index contributed by atoms with van der Waals surface area (Å²) in [7, 11) is 0. The summed E-state index contributed by atoms with van der Waals surface area (Å²) in [6, 6.07) is 5.96. The van der Waals surface area contributed by atoms with Gasteiger partial charge >= 0.3 is 0 Å². The van der Waals surface area contributed by atoms with Crippen molar-refractivity contribution in [3.05, 3.63) is 59.1 Å². The van der Waals surface area contributed by atoms with Gasteiger partial charge in [0.2, 0.25) is 5.91 Å². The Bertz CT molecular complexity index is 885. The Morgan fingerprint density at radius 2 is 2.04 bits per heavy atom. The van der Waals surface area contributed by atoms with E-state index in [4.69, 9.17) is 4.42 Å². The van der Waals surface area contributed by atoms with E-state index in [1.54, 1.807) is 18.7 Å². The molecule has 0 aliphatic heterocycles. The standard InChI is InChI=1S/C20H23N3O2/c1-13-9-14(2)19-16(12-25-20(19)15(13)3)10-18(24)23-8-7-22-17-5-4-6-21-11-17/h4-6,9,11-12,22H,7-8,10H2,1-3H3,(H,23,24). The van der Waals surface area contributed by atoms with Gasteiger partial charge in [0.15, 0.2) is 0 Å². The summed E-state index contributed by atoms with van der Waals surface area (Å²) < 4.78 is 5.73. The molecule has 130 valence electrons. The molecule has 3 aromatic rings. The molecule has 2 N–H and O–H groups in total. The number of carbonyl (C=O) groups excluding carboxylic acids is 1. The van der Waals surface area contributed by atoms with Gasteiger partial charge in [-0.1, -0.05) is 6.07 Å². The molecular formula is C20H23N3O2. The average Bonchev–Trinajstić information content (AvgIpc) is 3.02. The van der Waals surface area contributed by atoms with Crippen LogP contribution in [-0.4, -0.2) is 24.0 Å². The first-order valence-corrected chi connectivity index (χ1v) is 8.43. The lowest BCUT2D eigenvalue weighted by Gasteiger charge is -2.08. The van der Waals surface area contributed by atoms with Gasteiger partial charge in [-0.25, -0.2) is 0 Å². The number of hydrogen-bond acceptors (Lipinski definition) is 4. The van der Waals surface area contributed by atoms with Crippen molar-refractivity contribution < 1.29 is 9.21 Å². The van der Waals surface area contributed by atoms with E-state index in [0.717, 1.165) is 33.3 Å². The van der Waals surface area contributed by atoms with E-state index in [2.05, 4.69) is 42.5 Å². The normalized spacial score (nSPS) is 10.8. The summed E-state index contributed by atoms with van der Waals surface area (Å²) in [5.41, 5.74) is 6.25. The molecule has 0 aliphatic rings. The molecule has 0 radical (unpaired) electrons. The van der Waals surface area contributed by atoms with E-state index in [1.807, 2.05) is 12.1 Å². The van der Waals surface area contributed by atoms with Crippen molar-refractivity contribution in [3.8, 4) is 0 Å². The van der Waals surface area contributed by atoms with E-state index in [-0.39, 0.29) is 5.91 Å². The molecule has 0 saturated heterocycles. The van der Waals surface area contributed by atoms with Gasteiger partial charge in [0, 0.05) is 36.4 Å². The second-order valence-corrected chi connectivity index (χ2v) is 6.30. The van der Waals surface area contributed by atoms with Crippen molar-refractivity contribution in [2.24, 2.45) is 0 Å². The second-order valence-electron chi connectivity index (χ2n) is 6.30. The van der Waals surface area contributed by atoms with Crippen molar-refractivity contribution in [1.29, 1.82) is 0 Å². The number of amides is 1. The van der Waals surface area contributed by atoms with Gasteiger partial charge in [0.25, 0.3) is 0 Å². The molecule has 0 unspecified atom stereocenters. The van der Waals surface area contributed by atoms with Gasteiger partial charge in [-0.05, 0) is 49.6 Å². The lowest BCUT2D eigenvalue weighted by molar-refractivity contribution is -0.120. The van der Waals surface area contributed by atoms with Gasteiger partial charge in [0.05, 0.1) is 18.4 Å². The molecule has 0 atom stereocenters. The van der Waals surface area contributed by atoms with Gasteiger partial charge in [-0.3, -0.25) is 9.78 Å².